The second-order valence-corrected chi connectivity index (χ2v) is 8.79. The van der Waals surface area contributed by atoms with E-state index in [2.05, 4.69) is 79.2 Å². The van der Waals surface area contributed by atoms with Crippen molar-refractivity contribution in [1.82, 2.24) is 9.80 Å². The van der Waals surface area contributed by atoms with Gasteiger partial charge in [-0.15, -0.1) is 0 Å². The molecule has 2 aromatic carbocycles. The molecule has 1 amide bonds. The van der Waals surface area contributed by atoms with Crippen LogP contribution in [0.5, 0.6) is 0 Å². The van der Waals surface area contributed by atoms with E-state index in [1.165, 1.54) is 18.4 Å². The molecule has 2 aromatic rings. The Morgan fingerprint density at radius 1 is 1.00 bits per heavy atom. The predicted molar refractivity (Wildman–Crippen MR) is 115 cm³/mol. The number of benzene rings is 2. The van der Waals surface area contributed by atoms with Crippen molar-refractivity contribution < 1.29 is 4.79 Å². The van der Waals surface area contributed by atoms with Crippen molar-refractivity contribution >= 4 is 5.91 Å². The average Bonchev–Trinajstić information content (AvgIpc) is 2.89. The minimum absolute atomic E-state index is 0.205. The van der Waals surface area contributed by atoms with Crippen molar-refractivity contribution in [3.8, 4) is 0 Å². The molecular formula is C25H32N2O. The second-order valence-electron chi connectivity index (χ2n) is 8.79. The number of fused-ring (bicyclic) bond motifs is 2. The van der Waals surface area contributed by atoms with Gasteiger partial charge in [-0.2, -0.15) is 0 Å². The van der Waals surface area contributed by atoms with Crippen LogP contribution in [0.1, 0.15) is 52.7 Å². The van der Waals surface area contributed by atoms with Gasteiger partial charge in [-0.05, 0) is 70.7 Å². The molecule has 1 unspecified atom stereocenters. The molecule has 2 fully saturated rings. The molecular weight excluding hydrogens is 344 g/mol. The number of nitrogens with zero attached hydrogens (tertiary/aromatic N) is 2. The van der Waals surface area contributed by atoms with E-state index >= 15 is 0 Å². The maximum Gasteiger partial charge on any atom is 0.254 e. The molecule has 2 aliphatic rings. The van der Waals surface area contributed by atoms with Gasteiger partial charge in [0.25, 0.3) is 5.91 Å². The van der Waals surface area contributed by atoms with Crippen LogP contribution in [0, 0.1) is 13.8 Å². The minimum Gasteiger partial charge on any atom is -0.335 e. The molecule has 2 bridgehead atoms. The first-order chi connectivity index (χ1) is 13.5. The molecule has 0 spiro atoms. The van der Waals surface area contributed by atoms with Crippen molar-refractivity contribution in [1.29, 1.82) is 0 Å². The molecule has 0 aromatic heterocycles. The Kier molecular flexibility index (Phi) is 5.54. The lowest BCUT2D eigenvalue weighted by Crippen LogP contribution is -2.51. The van der Waals surface area contributed by atoms with E-state index in [1.807, 2.05) is 0 Å². The smallest absolute Gasteiger partial charge is 0.254 e. The van der Waals surface area contributed by atoms with Crippen molar-refractivity contribution in [2.45, 2.75) is 64.1 Å². The number of hydrogen-bond acceptors (Lipinski definition) is 2. The second kappa shape index (κ2) is 8.08. The topological polar surface area (TPSA) is 23.6 Å². The van der Waals surface area contributed by atoms with E-state index in [9.17, 15) is 4.79 Å². The van der Waals surface area contributed by atoms with Gasteiger partial charge in [-0.25, -0.2) is 0 Å². The van der Waals surface area contributed by atoms with Crippen molar-refractivity contribution in [3.63, 3.8) is 0 Å². The Hall–Kier alpha value is -2.13. The van der Waals surface area contributed by atoms with E-state index in [0.29, 0.717) is 18.1 Å². The maximum atomic E-state index is 13.6. The molecule has 2 aliphatic heterocycles. The van der Waals surface area contributed by atoms with Crippen LogP contribution in [0.3, 0.4) is 0 Å². The first kappa shape index (κ1) is 19.2. The van der Waals surface area contributed by atoms with Gasteiger partial charge in [0.05, 0.1) is 0 Å². The van der Waals surface area contributed by atoms with Crippen LogP contribution in [-0.2, 0) is 6.42 Å². The van der Waals surface area contributed by atoms with Crippen LogP contribution in [-0.4, -0.2) is 47.4 Å². The third-order valence-corrected chi connectivity index (χ3v) is 6.73. The van der Waals surface area contributed by atoms with Crippen LogP contribution in [0.25, 0.3) is 0 Å². The minimum atomic E-state index is 0.205. The van der Waals surface area contributed by atoms with Crippen molar-refractivity contribution in [2.75, 3.05) is 13.6 Å². The maximum absolute atomic E-state index is 13.6. The fraction of sp³-hybridized carbons (Fsp3) is 0.480. The highest BCUT2D eigenvalue weighted by molar-refractivity contribution is 5.95. The lowest BCUT2D eigenvalue weighted by atomic mass is 9.95. The van der Waals surface area contributed by atoms with Crippen LogP contribution < -0.4 is 0 Å². The van der Waals surface area contributed by atoms with E-state index in [-0.39, 0.29) is 5.91 Å². The molecule has 3 heteroatoms. The molecule has 0 saturated carbocycles. The van der Waals surface area contributed by atoms with Crippen LogP contribution in [0.15, 0.2) is 48.5 Å². The summed E-state index contributed by atoms with van der Waals surface area (Å²) in [5.41, 5.74) is 4.47. The Labute approximate surface area is 169 Å². The first-order valence-electron chi connectivity index (χ1n) is 10.7. The van der Waals surface area contributed by atoms with Crippen LogP contribution in [0.2, 0.25) is 0 Å². The highest BCUT2D eigenvalue weighted by Gasteiger charge is 2.41. The lowest BCUT2D eigenvalue weighted by Gasteiger charge is -2.42. The summed E-state index contributed by atoms with van der Waals surface area (Å²) in [6, 6.07) is 18.4. The third kappa shape index (κ3) is 4.00. The third-order valence-electron chi connectivity index (χ3n) is 6.73. The molecule has 3 atom stereocenters. The summed E-state index contributed by atoms with van der Waals surface area (Å²) in [6.45, 7) is 4.95. The average molecular weight is 377 g/mol. The highest BCUT2D eigenvalue weighted by atomic mass is 16.2. The van der Waals surface area contributed by atoms with Crippen LogP contribution in [0.4, 0.5) is 0 Å². The number of piperidine rings is 1. The molecule has 148 valence electrons. The standard InChI is InChI=1S/C25H32N2O/c1-18-13-19(2)15-21(14-18)25(28)27(12-11-20-7-5-4-6-8-20)24-16-22-9-10-23(17-24)26(22)3/h4-8,13-15,22-24H,9-12,16-17H2,1-3H3/t22-,23+,24?. The highest BCUT2D eigenvalue weighted by Crippen LogP contribution is 2.36. The summed E-state index contributed by atoms with van der Waals surface area (Å²) in [7, 11) is 2.26. The van der Waals surface area contributed by atoms with Gasteiger partial charge in [0.2, 0.25) is 0 Å². The molecule has 0 radical (unpaired) electrons. The number of aryl methyl sites for hydroxylation is 2. The number of carbonyl (C=O) groups is 1. The fourth-order valence-corrected chi connectivity index (χ4v) is 5.25. The van der Waals surface area contributed by atoms with E-state index < -0.39 is 0 Å². The van der Waals surface area contributed by atoms with Gasteiger partial charge in [-0.3, -0.25) is 4.79 Å². The fourth-order valence-electron chi connectivity index (χ4n) is 5.25. The molecule has 3 nitrogen and oxygen atoms in total. The molecule has 2 heterocycles. The Bertz CT molecular complexity index is 797. The van der Waals surface area contributed by atoms with Gasteiger partial charge >= 0.3 is 0 Å². The molecule has 0 N–H and O–H groups in total. The Morgan fingerprint density at radius 3 is 2.21 bits per heavy atom. The van der Waals surface area contributed by atoms with Gasteiger partial charge in [-0.1, -0.05) is 47.5 Å². The molecule has 2 saturated heterocycles. The zero-order chi connectivity index (χ0) is 19.7. The zero-order valence-corrected chi connectivity index (χ0v) is 17.4. The monoisotopic (exact) mass is 376 g/mol. The summed E-state index contributed by atoms with van der Waals surface area (Å²) < 4.78 is 0. The summed E-state index contributed by atoms with van der Waals surface area (Å²) in [5, 5.41) is 0. The number of rotatable bonds is 5. The number of hydrogen-bond donors (Lipinski definition) is 0. The van der Waals surface area contributed by atoms with Gasteiger partial charge < -0.3 is 9.80 Å². The predicted octanol–water partition coefficient (Wildman–Crippen LogP) is 4.61. The summed E-state index contributed by atoms with van der Waals surface area (Å²) in [6.07, 6.45) is 5.69. The normalized spacial score (nSPS) is 24.3. The number of amides is 1. The van der Waals surface area contributed by atoms with Gasteiger partial charge in [0, 0.05) is 30.2 Å². The zero-order valence-electron chi connectivity index (χ0n) is 17.4. The quantitative estimate of drug-likeness (QED) is 0.761. The van der Waals surface area contributed by atoms with Gasteiger partial charge in [0.15, 0.2) is 0 Å². The van der Waals surface area contributed by atoms with Crippen molar-refractivity contribution in [3.05, 3.63) is 70.8 Å². The van der Waals surface area contributed by atoms with E-state index in [1.54, 1.807) is 0 Å². The number of carbonyl (C=O) groups excluding carboxylic acids is 1. The van der Waals surface area contributed by atoms with Crippen molar-refractivity contribution in [2.24, 2.45) is 0 Å². The Balaban J connectivity index is 1.58. The van der Waals surface area contributed by atoms with E-state index in [0.717, 1.165) is 42.5 Å². The first-order valence-corrected chi connectivity index (χ1v) is 10.7. The van der Waals surface area contributed by atoms with Crippen LogP contribution >= 0.6 is 0 Å². The lowest BCUT2D eigenvalue weighted by molar-refractivity contribution is 0.0488. The molecule has 28 heavy (non-hydrogen) atoms. The summed E-state index contributed by atoms with van der Waals surface area (Å²) in [5.74, 6) is 0.205. The Morgan fingerprint density at radius 2 is 1.61 bits per heavy atom. The summed E-state index contributed by atoms with van der Waals surface area (Å²) >= 11 is 0. The molecule has 0 aliphatic carbocycles. The van der Waals surface area contributed by atoms with E-state index in [4.69, 9.17) is 0 Å². The SMILES string of the molecule is Cc1cc(C)cc(C(=O)N(CCc2ccccc2)C2C[C@H]3CC[C@@H](C2)N3C)c1. The summed E-state index contributed by atoms with van der Waals surface area (Å²) in [4.78, 5) is 18.3. The largest absolute Gasteiger partial charge is 0.335 e. The van der Waals surface area contributed by atoms with Gasteiger partial charge in [0.1, 0.15) is 0 Å². The molecule has 4 rings (SSSR count).